The van der Waals surface area contributed by atoms with Gasteiger partial charge in [0, 0.05) is 6.54 Å². The van der Waals surface area contributed by atoms with E-state index in [1.807, 2.05) is 0 Å². The molecular weight excluding hydrogens is 248 g/mol. The lowest BCUT2D eigenvalue weighted by atomic mass is 10.8. The van der Waals surface area contributed by atoms with E-state index in [9.17, 15) is 18.5 Å². The van der Waals surface area contributed by atoms with Crippen LogP contribution in [0.2, 0.25) is 0 Å². The van der Waals surface area contributed by atoms with Crippen LogP contribution in [0.4, 0.5) is 5.82 Å². The minimum atomic E-state index is -3.88. The highest BCUT2D eigenvalue weighted by atomic mass is 35.5. The van der Waals surface area contributed by atoms with Crippen LogP contribution in [0.1, 0.15) is 6.92 Å². The fourth-order valence-electron chi connectivity index (χ4n) is 0.861. The molecule has 0 aliphatic rings. The van der Waals surface area contributed by atoms with Crippen LogP contribution in [0.5, 0.6) is 0 Å². The predicted octanol–water partition coefficient (Wildman–Crippen LogP) is 0.0379. The third-order valence-electron chi connectivity index (χ3n) is 1.36. The van der Waals surface area contributed by atoms with Gasteiger partial charge in [-0.05, 0) is 4.92 Å². The van der Waals surface area contributed by atoms with Crippen LogP contribution in [0, 0.1) is 10.1 Å². The zero-order chi connectivity index (χ0) is 10.8. The third-order valence-corrected chi connectivity index (χ3v) is 2.83. The van der Waals surface area contributed by atoms with Crippen LogP contribution >= 0.6 is 12.4 Å². The molecular formula is C5H9ClN4O4S. The molecule has 0 atom stereocenters. The van der Waals surface area contributed by atoms with E-state index < -0.39 is 25.8 Å². The van der Waals surface area contributed by atoms with Crippen molar-refractivity contribution in [2.45, 2.75) is 11.9 Å². The molecule has 0 saturated heterocycles. The summed E-state index contributed by atoms with van der Waals surface area (Å²) in [6, 6.07) is 0. The van der Waals surface area contributed by atoms with Gasteiger partial charge in [0.05, 0.1) is 0 Å². The molecule has 0 amide bonds. The maximum absolute atomic E-state index is 11.3. The van der Waals surface area contributed by atoms with Crippen LogP contribution in [-0.2, 0) is 10.0 Å². The van der Waals surface area contributed by atoms with Gasteiger partial charge in [0.15, 0.2) is 6.33 Å². The molecule has 0 fully saturated rings. The summed E-state index contributed by atoms with van der Waals surface area (Å²) < 4.78 is 24.7. The van der Waals surface area contributed by atoms with Gasteiger partial charge in [-0.3, -0.25) is 0 Å². The van der Waals surface area contributed by atoms with E-state index in [2.05, 4.69) is 14.7 Å². The number of aromatic nitrogens is 2. The Bertz CT molecular complexity index is 442. The molecule has 0 aliphatic carbocycles. The molecule has 2 N–H and O–H groups in total. The second kappa shape index (κ2) is 5.05. The molecule has 0 radical (unpaired) electrons. The van der Waals surface area contributed by atoms with E-state index in [4.69, 9.17) is 0 Å². The number of hydrogen-bond donors (Lipinski definition) is 2. The number of halogens is 1. The maximum Gasteiger partial charge on any atom is 0.361 e. The van der Waals surface area contributed by atoms with Crippen molar-refractivity contribution < 1.29 is 13.3 Å². The SMILES string of the molecule is CCNS(=O)(=O)c1nc[nH]c1[N+](=O)[O-].Cl. The van der Waals surface area contributed by atoms with Gasteiger partial charge in [-0.2, -0.15) is 4.98 Å². The number of aromatic amines is 1. The molecule has 10 heteroatoms. The highest BCUT2D eigenvalue weighted by Gasteiger charge is 2.27. The summed E-state index contributed by atoms with van der Waals surface area (Å²) in [5, 5.41) is 9.78. The number of sulfonamides is 1. The van der Waals surface area contributed by atoms with E-state index >= 15 is 0 Å². The van der Waals surface area contributed by atoms with Gasteiger partial charge in [0.1, 0.15) is 0 Å². The Morgan fingerprint density at radius 2 is 2.27 bits per heavy atom. The molecule has 0 unspecified atom stereocenters. The lowest BCUT2D eigenvalue weighted by Gasteiger charge is -1.99. The Labute approximate surface area is 91.7 Å². The van der Waals surface area contributed by atoms with E-state index in [-0.39, 0.29) is 19.0 Å². The van der Waals surface area contributed by atoms with Crippen molar-refractivity contribution in [2.24, 2.45) is 0 Å². The normalized spacial score (nSPS) is 10.7. The van der Waals surface area contributed by atoms with Crippen LogP contribution < -0.4 is 4.72 Å². The number of nitrogens with one attached hydrogen (secondary N) is 2. The van der Waals surface area contributed by atoms with Crippen molar-refractivity contribution in [1.29, 1.82) is 0 Å². The van der Waals surface area contributed by atoms with Crippen molar-refractivity contribution >= 4 is 28.2 Å². The van der Waals surface area contributed by atoms with E-state index in [0.717, 1.165) is 6.33 Å². The summed E-state index contributed by atoms with van der Waals surface area (Å²) in [5.41, 5.74) is 0. The van der Waals surface area contributed by atoms with Crippen molar-refractivity contribution in [3.05, 3.63) is 16.4 Å². The molecule has 0 bridgehead atoms. The van der Waals surface area contributed by atoms with Gasteiger partial charge < -0.3 is 10.1 Å². The summed E-state index contributed by atoms with van der Waals surface area (Å²) in [5.74, 6) is -0.633. The van der Waals surface area contributed by atoms with Gasteiger partial charge >= 0.3 is 5.82 Å². The first kappa shape index (κ1) is 13.8. The highest BCUT2D eigenvalue weighted by molar-refractivity contribution is 7.89. The lowest BCUT2D eigenvalue weighted by molar-refractivity contribution is -0.392. The minimum absolute atomic E-state index is 0. The van der Waals surface area contributed by atoms with Crippen LogP contribution in [0.25, 0.3) is 0 Å². The molecule has 1 rings (SSSR count). The zero-order valence-electron chi connectivity index (χ0n) is 7.63. The van der Waals surface area contributed by atoms with Crippen LogP contribution in [-0.4, -0.2) is 29.9 Å². The fraction of sp³-hybridized carbons (Fsp3) is 0.400. The highest BCUT2D eigenvalue weighted by Crippen LogP contribution is 2.17. The lowest BCUT2D eigenvalue weighted by Crippen LogP contribution is -2.24. The van der Waals surface area contributed by atoms with Gasteiger partial charge in [0.25, 0.3) is 15.0 Å². The molecule has 0 spiro atoms. The Kier molecular flexibility index (Phi) is 4.65. The molecule has 0 saturated carbocycles. The monoisotopic (exact) mass is 256 g/mol. The van der Waals surface area contributed by atoms with E-state index in [0.29, 0.717) is 0 Å². The molecule has 0 aliphatic heterocycles. The number of nitrogens with zero attached hydrogens (tertiary/aromatic N) is 2. The Morgan fingerprint density at radius 3 is 2.73 bits per heavy atom. The van der Waals surface area contributed by atoms with Crippen molar-refractivity contribution in [1.82, 2.24) is 14.7 Å². The van der Waals surface area contributed by atoms with Crippen LogP contribution in [0.3, 0.4) is 0 Å². The first-order chi connectivity index (χ1) is 6.49. The van der Waals surface area contributed by atoms with Gasteiger partial charge in [0.2, 0.25) is 0 Å². The summed E-state index contributed by atoms with van der Waals surface area (Å²) in [6.07, 6.45) is 0.961. The van der Waals surface area contributed by atoms with Gasteiger partial charge in [-0.1, -0.05) is 6.92 Å². The number of H-pyrrole nitrogens is 1. The molecule has 8 nitrogen and oxygen atoms in total. The van der Waals surface area contributed by atoms with Crippen molar-refractivity contribution in [3.63, 3.8) is 0 Å². The second-order valence-electron chi connectivity index (χ2n) is 2.31. The van der Waals surface area contributed by atoms with Crippen LogP contribution in [0.15, 0.2) is 11.4 Å². The minimum Gasteiger partial charge on any atom is -0.358 e. The van der Waals surface area contributed by atoms with Gasteiger partial charge in [-0.15, -0.1) is 12.4 Å². The number of nitro groups is 1. The van der Waals surface area contributed by atoms with Crippen molar-refractivity contribution in [2.75, 3.05) is 6.54 Å². The molecule has 1 heterocycles. The largest absolute Gasteiger partial charge is 0.361 e. The first-order valence-corrected chi connectivity index (χ1v) is 5.14. The Hall–Kier alpha value is -1.19. The zero-order valence-corrected chi connectivity index (χ0v) is 9.26. The third kappa shape index (κ3) is 2.88. The maximum atomic E-state index is 11.3. The predicted molar refractivity (Wildman–Crippen MR) is 53.4 cm³/mol. The summed E-state index contributed by atoms with van der Waals surface area (Å²) in [4.78, 5) is 15.1. The van der Waals surface area contributed by atoms with E-state index in [1.165, 1.54) is 0 Å². The Morgan fingerprint density at radius 1 is 1.67 bits per heavy atom. The quantitative estimate of drug-likeness (QED) is 0.582. The summed E-state index contributed by atoms with van der Waals surface area (Å²) in [6.45, 7) is 1.71. The summed E-state index contributed by atoms with van der Waals surface area (Å²) >= 11 is 0. The summed E-state index contributed by atoms with van der Waals surface area (Å²) in [7, 11) is -3.88. The molecule has 1 aromatic rings. The van der Waals surface area contributed by atoms with Gasteiger partial charge in [-0.25, -0.2) is 18.1 Å². The smallest absolute Gasteiger partial charge is 0.358 e. The average Bonchev–Trinajstić information content (AvgIpc) is 2.51. The molecule has 1 aromatic heterocycles. The average molecular weight is 257 g/mol. The van der Waals surface area contributed by atoms with Crippen molar-refractivity contribution in [3.8, 4) is 0 Å². The standard InChI is InChI=1S/C5H8N4O4S.ClH/c1-2-8-14(12,13)5-4(9(10)11)6-3-7-5;/h3,8H,2H2,1H3,(H,6,7);1H. The Balaban J connectivity index is 0.00000196. The molecule has 15 heavy (non-hydrogen) atoms. The van der Waals surface area contributed by atoms with E-state index in [1.54, 1.807) is 6.92 Å². The number of hydrogen-bond acceptors (Lipinski definition) is 5. The number of imidazole rings is 1. The number of rotatable bonds is 4. The fourth-order valence-corrected chi connectivity index (χ4v) is 1.96. The molecule has 86 valence electrons. The first-order valence-electron chi connectivity index (χ1n) is 3.66. The second-order valence-corrected chi connectivity index (χ2v) is 4.00. The molecule has 0 aromatic carbocycles. The topological polar surface area (TPSA) is 118 Å².